The van der Waals surface area contributed by atoms with Gasteiger partial charge in [0.1, 0.15) is 5.82 Å². The van der Waals surface area contributed by atoms with Gasteiger partial charge in [0.25, 0.3) is 0 Å². The predicted molar refractivity (Wildman–Crippen MR) is 75.2 cm³/mol. The molecule has 0 saturated carbocycles. The van der Waals surface area contributed by atoms with Crippen LogP contribution in [0.5, 0.6) is 0 Å². The Morgan fingerprint density at radius 2 is 2.25 bits per heavy atom. The highest BCUT2D eigenvalue weighted by atomic mass is 32.2. The number of hydrogen-bond donors (Lipinski definition) is 2. The lowest BCUT2D eigenvalue weighted by atomic mass is 9.84. The van der Waals surface area contributed by atoms with Crippen molar-refractivity contribution >= 4 is 15.9 Å². The molecule has 2 atom stereocenters. The lowest BCUT2D eigenvalue weighted by Crippen LogP contribution is -2.56. The Morgan fingerprint density at radius 1 is 1.45 bits per heavy atom. The summed E-state index contributed by atoms with van der Waals surface area (Å²) in [6.45, 7) is 3.16. The van der Waals surface area contributed by atoms with Gasteiger partial charge < -0.3 is 5.32 Å². The van der Waals surface area contributed by atoms with Gasteiger partial charge in [0.15, 0.2) is 0 Å². The van der Waals surface area contributed by atoms with Gasteiger partial charge in [-0.05, 0) is 44.5 Å². The Hall–Kier alpha value is -1.18. The van der Waals surface area contributed by atoms with Gasteiger partial charge in [-0.2, -0.15) is 13.1 Å². The van der Waals surface area contributed by atoms with Gasteiger partial charge in [0, 0.05) is 12.6 Å². The molecule has 0 bridgehead atoms. The molecule has 2 aliphatic rings. The van der Waals surface area contributed by atoms with E-state index in [1.807, 2.05) is 6.92 Å². The van der Waals surface area contributed by atoms with Crippen LogP contribution in [0.25, 0.3) is 0 Å². The molecule has 0 radical (unpaired) electrons. The summed E-state index contributed by atoms with van der Waals surface area (Å²) < 4.78 is 42.1. The van der Waals surface area contributed by atoms with Crippen molar-refractivity contribution in [2.45, 2.75) is 31.3 Å². The molecule has 2 N–H and O–H groups in total. The van der Waals surface area contributed by atoms with Crippen LogP contribution in [0.4, 0.5) is 10.1 Å². The molecule has 3 rings (SSSR count). The van der Waals surface area contributed by atoms with Crippen molar-refractivity contribution in [2.75, 3.05) is 17.4 Å². The first-order chi connectivity index (χ1) is 9.43. The molecule has 2 saturated heterocycles. The van der Waals surface area contributed by atoms with E-state index in [-0.39, 0.29) is 6.04 Å². The van der Waals surface area contributed by atoms with Gasteiger partial charge in [-0.3, -0.25) is 4.31 Å². The largest absolute Gasteiger partial charge is 0.314 e. The van der Waals surface area contributed by atoms with E-state index in [9.17, 15) is 12.8 Å². The maximum Gasteiger partial charge on any atom is 0.302 e. The number of halogens is 1. The first-order valence-corrected chi connectivity index (χ1v) is 8.16. The number of rotatable bonds is 1. The molecular weight excluding hydrogens is 281 g/mol. The van der Waals surface area contributed by atoms with Gasteiger partial charge in [0.05, 0.1) is 11.2 Å². The number of nitrogens with zero attached hydrogens (tertiary/aromatic N) is 1. The van der Waals surface area contributed by atoms with E-state index in [4.69, 9.17) is 0 Å². The minimum absolute atomic E-state index is 0.231. The van der Waals surface area contributed by atoms with Gasteiger partial charge in [-0.1, -0.05) is 6.07 Å². The third-order valence-corrected chi connectivity index (χ3v) is 5.65. The first-order valence-electron chi connectivity index (χ1n) is 6.72. The quantitative estimate of drug-likeness (QED) is 0.813. The van der Waals surface area contributed by atoms with Crippen LogP contribution in [0, 0.1) is 5.82 Å². The van der Waals surface area contributed by atoms with Crippen molar-refractivity contribution in [1.82, 2.24) is 10.0 Å². The van der Waals surface area contributed by atoms with E-state index in [2.05, 4.69) is 10.0 Å². The summed E-state index contributed by atoms with van der Waals surface area (Å²) in [7, 11) is -3.60. The molecule has 1 unspecified atom stereocenters. The zero-order valence-electron chi connectivity index (χ0n) is 11.3. The number of hydrogen-bond acceptors (Lipinski definition) is 3. The average Bonchev–Trinajstić information content (AvgIpc) is 2.60. The summed E-state index contributed by atoms with van der Waals surface area (Å²) in [5, 5.41) is 3.32. The van der Waals surface area contributed by atoms with Crippen LogP contribution < -0.4 is 14.3 Å². The van der Waals surface area contributed by atoms with E-state index in [0.717, 1.165) is 6.54 Å². The average molecular weight is 299 g/mol. The smallest absolute Gasteiger partial charge is 0.302 e. The second-order valence-corrected chi connectivity index (χ2v) is 7.21. The van der Waals surface area contributed by atoms with Crippen LogP contribution in [-0.4, -0.2) is 33.1 Å². The topological polar surface area (TPSA) is 61.4 Å². The van der Waals surface area contributed by atoms with Crippen LogP contribution in [0.2, 0.25) is 0 Å². The molecule has 2 heterocycles. The molecule has 2 fully saturated rings. The summed E-state index contributed by atoms with van der Waals surface area (Å²) in [5.41, 5.74) is -0.110. The second kappa shape index (κ2) is 4.68. The maximum absolute atomic E-state index is 13.5. The lowest BCUT2D eigenvalue weighted by molar-refractivity contribution is 0.282. The minimum Gasteiger partial charge on any atom is -0.314 e. The first kappa shape index (κ1) is 13.8. The SMILES string of the molecule is C[C@H]1CC2(CCN1)CNS(=O)(=O)N2c1cccc(F)c1. The summed E-state index contributed by atoms with van der Waals surface area (Å²) in [4.78, 5) is 0. The summed E-state index contributed by atoms with van der Waals surface area (Å²) in [6.07, 6.45) is 1.41. The number of piperidine rings is 1. The second-order valence-electron chi connectivity index (χ2n) is 5.60. The van der Waals surface area contributed by atoms with E-state index in [1.165, 1.54) is 22.5 Å². The van der Waals surface area contributed by atoms with Gasteiger partial charge in [0.2, 0.25) is 0 Å². The van der Waals surface area contributed by atoms with Crippen LogP contribution in [0.3, 0.4) is 0 Å². The Kier molecular flexibility index (Phi) is 3.23. The Morgan fingerprint density at radius 3 is 2.95 bits per heavy atom. The highest BCUT2D eigenvalue weighted by Crippen LogP contribution is 2.38. The van der Waals surface area contributed by atoms with E-state index >= 15 is 0 Å². The fraction of sp³-hybridized carbons (Fsp3) is 0.538. The van der Waals surface area contributed by atoms with Crippen molar-refractivity contribution in [2.24, 2.45) is 0 Å². The monoisotopic (exact) mass is 299 g/mol. The highest BCUT2D eigenvalue weighted by molar-refractivity contribution is 7.91. The Balaban J connectivity index is 2.07. The molecule has 7 heteroatoms. The van der Waals surface area contributed by atoms with Gasteiger partial charge in [-0.15, -0.1) is 0 Å². The molecule has 5 nitrogen and oxygen atoms in total. The summed E-state index contributed by atoms with van der Waals surface area (Å²) >= 11 is 0. The van der Waals surface area contributed by atoms with Crippen molar-refractivity contribution in [3.63, 3.8) is 0 Å². The number of nitrogens with one attached hydrogen (secondary N) is 2. The standard InChI is InChI=1S/C13H18FN3O2S/c1-10-8-13(5-6-15-10)9-16-20(18,19)17(13)12-4-2-3-11(14)7-12/h2-4,7,10,15-16H,5-6,8-9H2,1H3/t10-,13?/m0/s1. The third kappa shape index (κ3) is 2.19. The van der Waals surface area contributed by atoms with Gasteiger partial charge >= 0.3 is 10.2 Å². The third-order valence-electron chi connectivity index (χ3n) is 4.07. The number of anilines is 1. The van der Waals surface area contributed by atoms with E-state index in [0.29, 0.717) is 25.1 Å². The van der Waals surface area contributed by atoms with Crippen molar-refractivity contribution in [3.05, 3.63) is 30.1 Å². The molecule has 1 aromatic rings. The van der Waals surface area contributed by atoms with Crippen molar-refractivity contribution in [3.8, 4) is 0 Å². The van der Waals surface area contributed by atoms with Crippen LogP contribution in [0.15, 0.2) is 24.3 Å². The Bertz CT molecular complexity index is 622. The molecule has 0 amide bonds. The molecule has 20 heavy (non-hydrogen) atoms. The summed E-state index contributed by atoms with van der Waals surface area (Å²) in [5.74, 6) is -0.429. The Labute approximate surface area is 118 Å². The molecule has 1 spiro atoms. The predicted octanol–water partition coefficient (Wildman–Crippen LogP) is 0.991. The van der Waals surface area contributed by atoms with E-state index in [1.54, 1.807) is 6.07 Å². The summed E-state index contributed by atoms with van der Waals surface area (Å²) in [6, 6.07) is 6.00. The molecule has 0 aliphatic carbocycles. The maximum atomic E-state index is 13.5. The molecule has 2 aliphatic heterocycles. The fourth-order valence-electron chi connectivity index (χ4n) is 3.27. The minimum atomic E-state index is -3.60. The fourth-order valence-corrected chi connectivity index (χ4v) is 4.98. The molecular formula is C13H18FN3O2S. The zero-order chi connectivity index (χ0) is 14.4. The molecule has 110 valence electrons. The lowest BCUT2D eigenvalue weighted by Gasteiger charge is -2.42. The number of benzene rings is 1. The highest BCUT2D eigenvalue weighted by Gasteiger charge is 2.51. The van der Waals surface area contributed by atoms with Crippen LogP contribution in [-0.2, 0) is 10.2 Å². The zero-order valence-corrected chi connectivity index (χ0v) is 12.1. The van der Waals surface area contributed by atoms with Crippen LogP contribution >= 0.6 is 0 Å². The normalized spacial score (nSPS) is 32.7. The molecule has 1 aromatic carbocycles. The molecule has 0 aromatic heterocycles. The van der Waals surface area contributed by atoms with Gasteiger partial charge in [-0.25, -0.2) is 4.39 Å². The van der Waals surface area contributed by atoms with Crippen molar-refractivity contribution < 1.29 is 12.8 Å². The van der Waals surface area contributed by atoms with E-state index < -0.39 is 21.6 Å². The van der Waals surface area contributed by atoms with Crippen molar-refractivity contribution in [1.29, 1.82) is 0 Å². The van der Waals surface area contributed by atoms with Crippen LogP contribution in [0.1, 0.15) is 19.8 Å².